The summed E-state index contributed by atoms with van der Waals surface area (Å²) in [5, 5.41) is 16.1. The van der Waals surface area contributed by atoms with E-state index in [0.717, 1.165) is 31.5 Å². The van der Waals surface area contributed by atoms with E-state index < -0.39 is 0 Å². The Morgan fingerprint density at radius 1 is 1.47 bits per heavy atom. The first-order chi connectivity index (χ1) is 8.98. The molecule has 104 valence electrons. The second-order valence-electron chi connectivity index (χ2n) is 5.29. The van der Waals surface area contributed by atoms with Gasteiger partial charge in [0, 0.05) is 19.2 Å². The first-order valence-electron chi connectivity index (χ1n) is 6.71. The van der Waals surface area contributed by atoms with Crippen LogP contribution in [0, 0.1) is 16.7 Å². The summed E-state index contributed by atoms with van der Waals surface area (Å²) in [6, 6.07) is 3.85. The van der Waals surface area contributed by atoms with Crippen molar-refractivity contribution < 1.29 is 0 Å². The number of unbranched alkanes of at least 4 members (excludes halogenated alkanes) is 1. The second kappa shape index (κ2) is 6.93. The monoisotopic (exact) mass is 262 g/mol. The Bertz CT molecular complexity index is 499. The third-order valence-corrected chi connectivity index (χ3v) is 2.97. The smallest absolute Gasteiger partial charge is 0.268 e. The molecule has 0 aliphatic carbocycles. The lowest BCUT2D eigenvalue weighted by molar-refractivity contribution is 0.408. The van der Waals surface area contributed by atoms with Gasteiger partial charge >= 0.3 is 0 Å². The van der Waals surface area contributed by atoms with E-state index in [1.807, 2.05) is 20.8 Å². The van der Waals surface area contributed by atoms with E-state index in [4.69, 9.17) is 5.26 Å². The Hall–Kier alpha value is -1.83. The summed E-state index contributed by atoms with van der Waals surface area (Å²) in [5.74, 6) is 0. The molecule has 0 saturated heterocycles. The molecule has 1 N–H and O–H groups in total. The molecule has 0 amide bonds. The first kappa shape index (κ1) is 15.2. The third kappa shape index (κ3) is 5.12. The lowest BCUT2D eigenvalue weighted by atomic mass is 9.89. The Morgan fingerprint density at radius 3 is 2.79 bits per heavy atom. The summed E-state index contributed by atoms with van der Waals surface area (Å²) >= 11 is 0. The lowest BCUT2D eigenvalue weighted by Crippen LogP contribution is -2.22. The van der Waals surface area contributed by atoms with E-state index in [-0.39, 0.29) is 11.0 Å². The van der Waals surface area contributed by atoms with Crippen LogP contribution in [0.5, 0.6) is 0 Å². The highest BCUT2D eigenvalue weighted by Gasteiger charge is 2.15. The normalized spacial score (nSPS) is 11.1. The van der Waals surface area contributed by atoms with Gasteiger partial charge in [-0.25, -0.2) is 4.68 Å². The molecule has 0 spiro atoms. The molecule has 5 heteroatoms. The minimum absolute atomic E-state index is 0.0852. The summed E-state index contributed by atoms with van der Waals surface area (Å²) in [6.45, 7) is 7.22. The molecule has 1 aromatic rings. The summed E-state index contributed by atoms with van der Waals surface area (Å²) in [4.78, 5) is 11.8. The molecule has 0 unspecified atom stereocenters. The molecule has 0 bridgehead atoms. The van der Waals surface area contributed by atoms with E-state index in [0.29, 0.717) is 6.54 Å². The largest absolute Gasteiger partial charge is 0.384 e. The molecule has 19 heavy (non-hydrogen) atoms. The number of hydrogen-bond donors (Lipinski definition) is 1. The zero-order valence-electron chi connectivity index (χ0n) is 11.9. The summed E-state index contributed by atoms with van der Waals surface area (Å²) in [5.41, 5.74) is 0.389. The van der Waals surface area contributed by atoms with Crippen molar-refractivity contribution in [1.29, 1.82) is 5.26 Å². The highest BCUT2D eigenvalue weighted by atomic mass is 16.1. The van der Waals surface area contributed by atoms with E-state index in [1.54, 1.807) is 12.3 Å². The number of nitrogens with one attached hydrogen (secondary N) is 1. The van der Waals surface area contributed by atoms with Gasteiger partial charge in [0.15, 0.2) is 0 Å². The average Bonchev–Trinajstić information content (AvgIpc) is 2.37. The first-order valence-corrected chi connectivity index (χ1v) is 6.71. The highest BCUT2D eigenvalue weighted by Crippen LogP contribution is 2.21. The minimum atomic E-state index is -0.284. The fourth-order valence-electron chi connectivity index (χ4n) is 1.79. The van der Waals surface area contributed by atoms with Crippen LogP contribution in [0.3, 0.4) is 0 Å². The van der Waals surface area contributed by atoms with Crippen LogP contribution >= 0.6 is 0 Å². The van der Waals surface area contributed by atoms with E-state index in [2.05, 4.69) is 16.5 Å². The maximum absolute atomic E-state index is 11.8. The Morgan fingerprint density at radius 2 is 2.21 bits per heavy atom. The molecular formula is C14H22N4O. The zero-order chi connectivity index (χ0) is 14.3. The predicted octanol–water partition coefficient (Wildman–Crippen LogP) is 2.40. The number of hydrogen-bond acceptors (Lipinski definition) is 4. The van der Waals surface area contributed by atoms with Crippen molar-refractivity contribution >= 4 is 5.69 Å². The standard InChI is InChI=1S/C14H22N4O/c1-4-16-12-9-13(19)18(17-10-12)8-6-5-7-14(2,3)11-15/h9-10,16H,4-8H2,1-3H3. The number of nitrogens with zero attached hydrogens (tertiary/aromatic N) is 3. The Kier molecular flexibility index (Phi) is 5.56. The Balaban J connectivity index is 2.47. The van der Waals surface area contributed by atoms with E-state index in [1.165, 1.54) is 4.68 Å². The molecule has 0 fully saturated rings. The topological polar surface area (TPSA) is 70.7 Å². The van der Waals surface area contributed by atoms with Gasteiger partial charge in [-0.2, -0.15) is 10.4 Å². The fraction of sp³-hybridized carbons (Fsp3) is 0.643. The molecular weight excluding hydrogens is 240 g/mol. The van der Waals surface area contributed by atoms with Crippen molar-refractivity contribution in [1.82, 2.24) is 9.78 Å². The van der Waals surface area contributed by atoms with Crippen molar-refractivity contribution in [3.05, 3.63) is 22.6 Å². The molecule has 0 radical (unpaired) electrons. The zero-order valence-corrected chi connectivity index (χ0v) is 11.9. The van der Waals surface area contributed by atoms with Crippen molar-refractivity contribution in [3.63, 3.8) is 0 Å². The van der Waals surface area contributed by atoms with Crippen LogP contribution in [0.2, 0.25) is 0 Å². The third-order valence-electron chi connectivity index (χ3n) is 2.97. The molecule has 1 heterocycles. The number of anilines is 1. The van der Waals surface area contributed by atoms with Crippen LogP contribution in [0.25, 0.3) is 0 Å². The molecule has 0 aromatic carbocycles. The average molecular weight is 262 g/mol. The number of aromatic nitrogens is 2. The fourth-order valence-corrected chi connectivity index (χ4v) is 1.79. The number of nitriles is 1. The van der Waals surface area contributed by atoms with Gasteiger partial charge in [-0.1, -0.05) is 6.42 Å². The van der Waals surface area contributed by atoms with Crippen molar-refractivity contribution in [2.75, 3.05) is 11.9 Å². The summed E-state index contributed by atoms with van der Waals surface area (Å²) in [6.07, 6.45) is 4.29. The van der Waals surface area contributed by atoms with Crippen LogP contribution in [0.1, 0.15) is 40.0 Å². The molecule has 0 aliphatic heterocycles. The van der Waals surface area contributed by atoms with Crippen LogP contribution in [0.4, 0.5) is 5.69 Å². The van der Waals surface area contributed by atoms with Gasteiger partial charge in [0.05, 0.1) is 23.4 Å². The van der Waals surface area contributed by atoms with Gasteiger partial charge in [0.25, 0.3) is 5.56 Å². The van der Waals surface area contributed by atoms with Gasteiger partial charge < -0.3 is 5.32 Å². The van der Waals surface area contributed by atoms with E-state index >= 15 is 0 Å². The number of aryl methyl sites for hydroxylation is 1. The molecule has 0 aliphatic rings. The van der Waals surface area contributed by atoms with Gasteiger partial charge in [-0.05, 0) is 33.6 Å². The summed E-state index contributed by atoms with van der Waals surface area (Å²) < 4.78 is 1.47. The molecule has 1 aromatic heterocycles. The second-order valence-corrected chi connectivity index (χ2v) is 5.29. The quantitative estimate of drug-likeness (QED) is 0.766. The van der Waals surface area contributed by atoms with Crippen LogP contribution in [-0.4, -0.2) is 16.3 Å². The lowest BCUT2D eigenvalue weighted by Gasteiger charge is -2.14. The molecule has 5 nitrogen and oxygen atoms in total. The van der Waals surface area contributed by atoms with Crippen LogP contribution in [-0.2, 0) is 6.54 Å². The van der Waals surface area contributed by atoms with Gasteiger partial charge in [-0.3, -0.25) is 4.79 Å². The minimum Gasteiger partial charge on any atom is -0.384 e. The molecule has 1 rings (SSSR count). The van der Waals surface area contributed by atoms with Crippen LogP contribution < -0.4 is 10.9 Å². The van der Waals surface area contributed by atoms with Crippen molar-refractivity contribution in [2.45, 2.75) is 46.6 Å². The van der Waals surface area contributed by atoms with E-state index in [9.17, 15) is 4.79 Å². The Labute approximate surface area is 114 Å². The maximum Gasteiger partial charge on any atom is 0.268 e. The predicted molar refractivity (Wildman–Crippen MR) is 75.9 cm³/mol. The van der Waals surface area contributed by atoms with Crippen LogP contribution in [0.15, 0.2) is 17.1 Å². The number of rotatable bonds is 7. The SMILES string of the molecule is CCNc1cnn(CCCCC(C)(C)C#N)c(=O)c1. The van der Waals surface area contributed by atoms with Crippen molar-refractivity contribution in [2.24, 2.45) is 5.41 Å². The van der Waals surface area contributed by atoms with Gasteiger partial charge in [0.2, 0.25) is 0 Å². The molecule has 0 saturated carbocycles. The highest BCUT2D eigenvalue weighted by molar-refractivity contribution is 5.38. The van der Waals surface area contributed by atoms with Crippen molar-refractivity contribution in [3.8, 4) is 6.07 Å². The van der Waals surface area contributed by atoms with Gasteiger partial charge in [-0.15, -0.1) is 0 Å². The maximum atomic E-state index is 11.8. The molecule has 0 atom stereocenters. The van der Waals surface area contributed by atoms with Gasteiger partial charge in [0.1, 0.15) is 0 Å². The summed E-state index contributed by atoms with van der Waals surface area (Å²) in [7, 11) is 0.